The zero-order chi connectivity index (χ0) is 25.5. The fourth-order valence-electron chi connectivity index (χ4n) is 3.39. The van der Waals surface area contributed by atoms with E-state index < -0.39 is 28.5 Å². The van der Waals surface area contributed by atoms with Crippen LogP contribution in [0.2, 0.25) is 10.0 Å². The molecule has 34 heavy (non-hydrogen) atoms. The summed E-state index contributed by atoms with van der Waals surface area (Å²) in [6.07, 6.45) is 2.12. The van der Waals surface area contributed by atoms with Crippen molar-refractivity contribution in [1.29, 1.82) is 0 Å². The summed E-state index contributed by atoms with van der Waals surface area (Å²) >= 11 is 12.0. The molecule has 0 fully saturated rings. The molecule has 2 rings (SSSR count). The van der Waals surface area contributed by atoms with E-state index in [-0.39, 0.29) is 24.2 Å². The molecule has 2 aromatic rings. The fraction of sp³-hybridized carbons (Fsp3) is 0.417. The second-order valence-electron chi connectivity index (χ2n) is 8.14. The van der Waals surface area contributed by atoms with Gasteiger partial charge in [-0.1, -0.05) is 55.2 Å². The van der Waals surface area contributed by atoms with Crippen LogP contribution in [0.15, 0.2) is 48.5 Å². The van der Waals surface area contributed by atoms with Crippen LogP contribution in [0.1, 0.15) is 39.2 Å². The van der Waals surface area contributed by atoms with E-state index in [0.717, 1.165) is 22.5 Å². The van der Waals surface area contributed by atoms with Gasteiger partial charge in [0, 0.05) is 22.6 Å². The Bertz CT molecular complexity index is 1090. The van der Waals surface area contributed by atoms with Crippen molar-refractivity contribution in [3.63, 3.8) is 0 Å². The predicted molar refractivity (Wildman–Crippen MR) is 138 cm³/mol. The number of rotatable bonds is 11. The van der Waals surface area contributed by atoms with Gasteiger partial charge in [-0.3, -0.25) is 13.9 Å². The van der Waals surface area contributed by atoms with E-state index in [1.165, 1.54) is 11.0 Å². The summed E-state index contributed by atoms with van der Waals surface area (Å²) in [6.45, 7) is 5.31. The Hall–Kier alpha value is -2.29. The summed E-state index contributed by atoms with van der Waals surface area (Å²) in [7, 11) is -3.81. The Morgan fingerprint density at radius 3 is 2.18 bits per heavy atom. The lowest BCUT2D eigenvalue weighted by atomic mass is 10.1. The van der Waals surface area contributed by atoms with E-state index in [1.807, 2.05) is 20.8 Å². The highest BCUT2D eigenvalue weighted by Gasteiger charge is 2.32. The van der Waals surface area contributed by atoms with Gasteiger partial charge in [-0.15, -0.1) is 0 Å². The zero-order valence-corrected chi connectivity index (χ0v) is 22.1. The zero-order valence-electron chi connectivity index (χ0n) is 19.8. The molecule has 0 aromatic heterocycles. The minimum atomic E-state index is -3.81. The Balaban J connectivity index is 2.43. The lowest BCUT2D eigenvalue weighted by Gasteiger charge is -2.33. The van der Waals surface area contributed by atoms with Crippen LogP contribution in [0.4, 0.5) is 5.69 Å². The number of carbonyl (C=O) groups is 2. The molecule has 0 saturated heterocycles. The first kappa shape index (κ1) is 28.0. The third-order valence-electron chi connectivity index (χ3n) is 5.43. The van der Waals surface area contributed by atoms with Crippen molar-refractivity contribution in [2.24, 2.45) is 0 Å². The number of anilines is 1. The normalized spacial score (nSPS) is 13.1. The third kappa shape index (κ3) is 7.89. The van der Waals surface area contributed by atoms with E-state index >= 15 is 0 Å². The number of halogens is 2. The van der Waals surface area contributed by atoms with Crippen LogP contribution in [0.25, 0.3) is 0 Å². The molecule has 0 bridgehead atoms. The van der Waals surface area contributed by atoms with Gasteiger partial charge in [0.15, 0.2) is 0 Å². The van der Waals surface area contributed by atoms with Crippen molar-refractivity contribution in [3.05, 3.63) is 64.1 Å². The Morgan fingerprint density at radius 2 is 1.65 bits per heavy atom. The molecule has 1 N–H and O–H groups in total. The van der Waals surface area contributed by atoms with Crippen molar-refractivity contribution < 1.29 is 18.0 Å². The van der Waals surface area contributed by atoms with Crippen molar-refractivity contribution in [1.82, 2.24) is 10.2 Å². The van der Waals surface area contributed by atoms with E-state index in [4.69, 9.17) is 23.2 Å². The number of nitrogens with one attached hydrogen (secondary N) is 1. The number of hydrogen-bond donors (Lipinski definition) is 1. The van der Waals surface area contributed by atoms with Gasteiger partial charge >= 0.3 is 0 Å². The average Bonchev–Trinajstić information content (AvgIpc) is 2.77. The summed E-state index contributed by atoms with van der Waals surface area (Å²) in [5.41, 5.74) is 1.04. The summed E-state index contributed by atoms with van der Waals surface area (Å²) in [4.78, 5) is 28.0. The van der Waals surface area contributed by atoms with Crippen LogP contribution in [-0.4, -0.2) is 50.0 Å². The Kier molecular flexibility index (Phi) is 10.2. The molecule has 0 radical (unpaired) electrons. The summed E-state index contributed by atoms with van der Waals surface area (Å²) in [6, 6.07) is 12.4. The van der Waals surface area contributed by atoms with Gasteiger partial charge in [-0.2, -0.15) is 0 Å². The average molecular weight is 529 g/mol. The molecule has 0 unspecified atom stereocenters. The van der Waals surface area contributed by atoms with Crippen molar-refractivity contribution in [2.75, 3.05) is 17.1 Å². The molecule has 186 valence electrons. The van der Waals surface area contributed by atoms with Crippen LogP contribution < -0.4 is 9.62 Å². The van der Waals surface area contributed by atoms with Gasteiger partial charge in [0.1, 0.15) is 12.6 Å². The molecule has 0 spiro atoms. The Morgan fingerprint density at radius 1 is 1.00 bits per heavy atom. The van der Waals surface area contributed by atoms with Crippen LogP contribution >= 0.6 is 23.2 Å². The van der Waals surface area contributed by atoms with Crippen molar-refractivity contribution in [2.45, 2.75) is 52.2 Å². The molecular formula is C24H31Cl2N3O4S. The third-order valence-corrected chi connectivity index (χ3v) is 7.06. The van der Waals surface area contributed by atoms with E-state index in [0.29, 0.717) is 16.5 Å². The van der Waals surface area contributed by atoms with E-state index in [9.17, 15) is 18.0 Å². The summed E-state index contributed by atoms with van der Waals surface area (Å²) in [5, 5.41) is 3.82. The molecule has 2 amide bonds. The molecule has 0 aliphatic carbocycles. The fourth-order valence-corrected chi connectivity index (χ4v) is 4.54. The molecule has 10 heteroatoms. The number of benzene rings is 2. The maximum atomic E-state index is 13.6. The van der Waals surface area contributed by atoms with Crippen LogP contribution in [0, 0.1) is 0 Å². The predicted octanol–water partition coefficient (Wildman–Crippen LogP) is 4.48. The van der Waals surface area contributed by atoms with Gasteiger partial charge in [-0.25, -0.2) is 8.42 Å². The first-order valence-corrected chi connectivity index (χ1v) is 13.6. The SMILES string of the molecule is CC[C@H](C(=O)N[C@@H](C)CC)N(Cc1ccc(Cl)cc1)C(=O)CN(c1cccc(Cl)c1)S(C)(=O)=O. The number of hydrogen-bond acceptors (Lipinski definition) is 4. The lowest BCUT2D eigenvalue weighted by Crippen LogP contribution is -2.53. The van der Waals surface area contributed by atoms with Crippen molar-refractivity contribution >= 4 is 50.7 Å². The largest absolute Gasteiger partial charge is 0.352 e. The Labute approximate surface area is 212 Å². The van der Waals surface area contributed by atoms with Crippen LogP contribution in [0.5, 0.6) is 0 Å². The minimum absolute atomic E-state index is 0.0620. The van der Waals surface area contributed by atoms with Gasteiger partial charge in [-0.05, 0) is 55.7 Å². The van der Waals surface area contributed by atoms with Gasteiger partial charge in [0.2, 0.25) is 21.8 Å². The topological polar surface area (TPSA) is 86.8 Å². The molecule has 0 heterocycles. The second-order valence-corrected chi connectivity index (χ2v) is 10.9. The van der Waals surface area contributed by atoms with Gasteiger partial charge in [0.05, 0.1) is 11.9 Å². The number of nitrogens with zero attached hydrogens (tertiary/aromatic N) is 2. The van der Waals surface area contributed by atoms with Crippen LogP contribution in [-0.2, 0) is 26.2 Å². The molecule has 0 saturated carbocycles. The molecule has 7 nitrogen and oxygen atoms in total. The van der Waals surface area contributed by atoms with Crippen molar-refractivity contribution in [3.8, 4) is 0 Å². The number of sulfonamides is 1. The highest BCUT2D eigenvalue weighted by Crippen LogP contribution is 2.23. The summed E-state index contributed by atoms with van der Waals surface area (Å²) < 4.78 is 26.1. The standard InChI is InChI=1S/C24H31Cl2N3O4S/c1-5-17(3)27-24(31)22(6-2)28(15-18-10-12-19(25)13-11-18)23(30)16-29(34(4,32)33)21-9-7-8-20(26)14-21/h7-14,17,22H,5-6,15-16H2,1-4H3,(H,27,31)/t17-,22+/m0/s1. The highest BCUT2D eigenvalue weighted by molar-refractivity contribution is 7.92. The molecule has 2 aromatic carbocycles. The first-order chi connectivity index (χ1) is 16.0. The van der Waals surface area contributed by atoms with E-state index in [1.54, 1.807) is 42.5 Å². The lowest BCUT2D eigenvalue weighted by molar-refractivity contribution is -0.140. The molecule has 0 aliphatic rings. The minimum Gasteiger partial charge on any atom is -0.352 e. The highest BCUT2D eigenvalue weighted by atomic mass is 35.5. The quantitative estimate of drug-likeness (QED) is 0.466. The summed E-state index contributed by atoms with van der Waals surface area (Å²) in [5.74, 6) is -0.792. The molecule has 2 atom stereocenters. The monoisotopic (exact) mass is 527 g/mol. The number of carbonyl (C=O) groups excluding carboxylic acids is 2. The second kappa shape index (κ2) is 12.4. The van der Waals surface area contributed by atoms with Crippen LogP contribution in [0.3, 0.4) is 0 Å². The number of amides is 2. The molecular weight excluding hydrogens is 497 g/mol. The maximum absolute atomic E-state index is 13.6. The maximum Gasteiger partial charge on any atom is 0.244 e. The van der Waals surface area contributed by atoms with Gasteiger partial charge < -0.3 is 10.2 Å². The van der Waals surface area contributed by atoms with E-state index in [2.05, 4.69) is 5.32 Å². The first-order valence-electron chi connectivity index (χ1n) is 11.0. The smallest absolute Gasteiger partial charge is 0.244 e. The molecule has 0 aliphatic heterocycles. The van der Waals surface area contributed by atoms with Gasteiger partial charge in [0.25, 0.3) is 0 Å².